The summed E-state index contributed by atoms with van der Waals surface area (Å²) < 4.78 is 39.2. The number of nitrogens with one attached hydrogen (secondary N) is 1. The lowest BCUT2D eigenvalue weighted by Crippen LogP contribution is -2.35. The number of carbonyl (C=O) groups excluding carboxylic acids is 1. The van der Waals surface area contributed by atoms with Crippen molar-refractivity contribution in [1.82, 2.24) is 4.31 Å². The zero-order chi connectivity index (χ0) is 24.1. The predicted molar refractivity (Wildman–Crippen MR) is 132 cm³/mol. The molecule has 34 heavy (non-hydrogen) atoms. The third-order valence-corrected chi connectivity index (χ3v) is 8.16. The maximum absolute atomic E-state index is 13.2. The average Bonchev–Trinajstić information content (AvgIpc) is 2.86. The van der Waals surface area contributed by atoms with Gasteiger partial charge in [-0.3, -0.25) is 4.79 Å². The van der Waals surface area contributed by atoms with E-state index in [0.717, 1.165) is 43.6 Å². The summed E-state index contributed by atoms with van der Waals surface area (Å²) in [6.45, 7) is 7.59. The molecule has 2 aromatic rings. The number of piperidine rings is 1. The zero-order valence-corrected chi connectivity index (χ0v) is 20.7. The highest BCUT2D eigenvalue weighted by Gasteiger charge is 2.27. The number of benzene rings is 2. The maximum atomic E-state index is 13.2. The van der Waals surface area contributed by atoms with Gasteiger partial charge in [0, 0.05) is 26.2 Å². The van der Waals surface area contributed by atoms with Crippen LogP contribution in [-0.2, 0) is 21.2 Å². The Kier molecular flexibility index (Phi) is 7.63. The van der Waals surface area contributed by atoms with Crippen LogP contribution in [-0.4, -0.2) is 58.0 Å². The van der Waals surface area contributed by atoms with E-state index in [4.69, 9.17) is 9.47 Å². The zero-order valence-electron chi connectivity index (χ0n) is 19.9. The van der Waals surface area contributed by atoms with Crippen molar-refractivity contribution < 1.29 is 22.7 Å². The minimum absolute atomic E-state index is 0.136. The van der Waals surface area contributed by atoms with Gasteiger partial charge in [0.25, 0.3) is 0 Å². The molecule has 0 aliphatic carbocycles. The monoisotopic (exact) mass is 487 g/mol. The molecule has 184 valence electrons. The van der Waals surface area contributed by atoms with Gasteiger partial charge in [-0.25, -0.2) is 8.42 Å². The summed E-state index contributed by atoms with van der Waals surface area (Å²) in [7, 11) is -3.61. The van der Waals surface area contributed by atoms with Crippen molar-refractivity contribution in [2.75, 3.05) is 49.6 Å². The van der Waals surface area contributed by atoms with Crippen molar-refractivity contribution >= 4 is 27.3 Å². The fraction of sp³-hybridized carbons (Fsp3) is 0.480. The van der Waals surface area contributed by atoms with E-state index in [0.29, 0.717) is 43.5 Å². The second kappa shape index (κ2) is 10.7. The largest absolute Gasteiger partial charge is 0.486 e. The van der Waals surface area contributed by atoms with Crippen LogP contribution in [0, 0.1) is 0 Å². The molecular formula is C25H33N3O5S. The molecule has 0 atom stereocenters. The highest BCUT2D eigenvalue weighted by Crippen LogP contribution is 2.33. The molecular weight excluding hydrogens is 454 g/mol. The quantitative estimate of drug-likeness (QED) is 0.611. The molecule has 0 bridgehead atoms. The first-order valence-corrected chi connectivity index (χ1v) is 13.4. The Bertz CT molecular complexity index is 1130. The molecule has 8 nitrogen and oxygen atoms in total. The predicted octanol–water partition coefficient (Wildman–Crippen LogP) is 3.66. The summed E-state index contributed by atoms with van der Waals surface area (Å²) in [4.78, 5) is 15.3. The van der Waals surface area contributed by atoms with Crippen molar-refractivity contribution in [3.63, 3.8) is 0 Å². The lowest BCUT2D eigenvalue weighted by Gasteiger charge is -2.28. The van der Waals surface area contributed by atoms with E-state index < -0.39 is 10.0 Å². The number of fused-ring (bicyclic) bond motifs is 1. The fourth-order valence-corrected chi connectivity index (χ4v) is 5.99. The molecule has 2 aliphatic heterocycles. The van der Waals surface area contributed by atoms with Crippen molar-refractivity contribution in [2.45, 2.75) is 44.4 Å². The van der Waals surface area contributed by atoms with Gasteiger partial charge in [-0.1, -0.05) is 12.5 Å². The van der Waals surface area contributed by atoms with Crippen LogP contribution < -0.4 is 19.7 Å². The second-order valence-electron chi connectivity index (χ2n) is 8.52. The minimum atomic E-state index is -3.61. The number of hydrogen-bond acceptors (Lipinski definition) is 6. The Balaban J connectivity index is 1.59. The van der Waals surface area contributed by atoms with Gasteiger partial charge in [-0.05, 0) is 62.6 Å². The standard InChI is InChI=1S/C25H33N3O5S/c1-3-27(4-2)22-10-9-20(34(30,31)28-12-6-5-7-13-28)18-21(22)26-25(29)17-19-8-11-23-24(16-19)33-15-14-32-23/h8-11,16,18H,3-7,12-15,17H2,1-2H3,(H,26,29). The molecule has 0 spiro atoms. The first-order valence-electron chi connectivity index (χ1n) is 12.0. The summed E-state index contributed by atoms with van der Waals surface area (Å²) in [6.07, 6.45) is 2.93. The Labute approximate surface area is 201 Å². The number of carbonyl (C=O) groups is 1. The van der Waals surface area contributed by atoms with Crippen LogP contribution in [0.15, 0.2) is 41.3 Å². The van der Waals surface area contributed by atoms with Gasteiger partial charge in [-0.15, -0.1) is 0 Å². The lowest BCUT2D eigenvalue weighted by molar-refractivity contribution is -0.115. The summed E-state index contributed by atoms with van der Waals surface area (Å²) >= 11 is 0. The van der Waals surface area contributed by atoms with Crippen LogP contribution in [0.4, 0.5) is 11.4 Å². The van der Waals surface area contributed by atoms with E-state index in [1.165, 1.54) is 0 Å². The Hall–Kier alpha value is -2.78. The maximum Gasteiger partial charge on any atom is 0.243 e. The van der Waals surface area contributed by atoms with Crippen LogP contribution in [0.5, 0.6) is 11.5 Å². The van der Waals surface area contributed by atoms with Crippen molar-refractivity contribution in [3.8, 4) is 11.5 Å². The first-order chi connectivity index (χ1) is 16.4. The van der Waals surface area contributed by atoms with Crippen molar-refractivity contribution in [2.24, 2.45) is 0 Å². The molecule has 0 radical (unpaired) electrons. The van der Waals surface area contributed by atoms with Gasteiger partial charge in [0.1, 0.15) is 13.2 Å². The fourth-order valence-electron chi connectivity index (χ4n) is 4.45. The van der Waals surface area contributed by atoms with Gasteiger partial charge in [-0.2, -0.15) is 4.31 Å². The number of hydrogen-bond donors (Lipinski definition) is 1. The third-order valence-electron chi connectivity index (χ3n) is 6.27. The molecule has 0 saturated carbocycles. The molecule has 2 aliphatic rings. The molecule has 2 aromatic carbocycles. The number of ether oxygens (including phenoxy) is 2. The van der Waals surface area contributed by atoms with E-state index in [9.17, 15) is 13.2 Å². The van der Waals surface area contributed by atoms with Gasteiger partial charge in [0.2, 0.25) is 15.9 Å². The van der Waals surface area contributed by atoms with E-state index >= 15 is 0 Å². The van der Waals surface area contributed by atoms with E-state index in [1.807, 2.05) is 32.0 Å². The van der Waals surface area contributed by atoms with Gasteiger partial charge in [0.05, 0.1) is 22.7 Å². The average molecular weight is 488 g/mol. The van der Waals surface area contributed by atoms with E-state index in [1.54, 1.807) is 22.5 Å². The van der Waals surface area contributed by atoms with Gasteiger partial charge < -0.3 is 19.7 Å². The molecule has 1 fully saturated rings. The van der Waals surface area contributed by atoms with Gasteiger partial charge in [0.15, 0.2) is 11.5 Å². The topological polar surface area (TPSA) is 88.2 Å². The highest BCUT2D eigenvalue weighted by atomic mass is 32.2. The van der Waals surface area contributed by atoms with Gasteiger partial charge >= 0.3 is 0 Å². The Morgan fingerprint density at radius 3 is 2.38 bits per heavy atom. The number of sulfonamides is 1. The molecule has 9 heteroatoms. The first kappa shape index (κ1) is 24.3. The summed E-state index contributed by atoms with van der Waals surface area (Å²) in [5.41, 5.74) is 2.10. The number of rotatable bonds is 8. The molecule has 2 heterocycles. The SMILES string of the molecule is CCN(CC)c1ccc(S(=O)(=O)N2CCCCC2)cc1NC(=O)Cc1ccc2c(c1)OCCO2. The van der Waals surface area contributed by atoms with Crippen LogP contribution >= 0.6 is 0 Å². The van der Waals surface area contributed by atoms with Crippen LogP contribution in [0.2, 0.25) is 0 Å². The second-order valence-corrected chi connectivity index (χ2v) is 10.5. The summed E-state index contributed by atoms with van der Waals surface area (Å²) in [5, 5.41) is 2.97. The lowest BCUT2D eigenvalue weighted by atomic mass is 10.1. The van der Waals surface area contributed by atoms with Crippen molar-refractivity contribution in [1.29, 1.82) is 0 Å². The Morgan fingerprint density at radius 2 is 1.68 bits per heavy atom. The van der Waals surface area contributed by atoms with E-state index in [-0.39, 0.29) is 17.2 Å². The molecule has 1 N–H and O–H groups in total. The molecule has 0 unspecified atom stereocenters. The smallest absolute Gasteiger partial charge is 0.243 e. The van der Waals surface area contributed by atoms with Crippen molar-refractivity contribution in [3.05, 3.63) is 42.0 Å². The molecule has 0 aromatic heterocycles. The van der Waals surface area contributed by atoms with E-state index in [2.05, 4.69) is 10.2 Å². The normalized spacial score (nSPS) is 16.2. The summed E-state index contributed by atoms with van der Waals surface area (Å²) in [5.74, 6) is 1.09. The molecule has 1 saturated heterocycles. The van der Waals surface area contributed by atoms with Crippen LogP contribution in [0.1, 0.15) is 38.7 Å². The number of anilines is 2. The third kappa shape index (κ3) is 5.31. The molecule has 4 rings (SSSR count). The van der Waals surface area contributed by atoms with Crippen LogP contribution in [0.3, 0.4) is 0 Å². The summed E-state index contributed by atoms with van der Waals surface area (Å²) in [6, 6.07) is 10.5. The van der Waals surface area contributed by atoms with Crippen LogP contribution in [0.25, 0.3) is 0 Å². The highest BCUT2D eigenvalue weighted by molar-refractivity contribution is 7.89. The number of nitrogens with zero attached hydrogens (tertiary/aromatic N) is 2. The number of amides is 1. The molecule has 1 amide bonds. The minimum Gasteiger partial charge on any atom is -0.486 e. The Morgan fingerprint density at radius 1 is 0.971 bits per heavy atom.